The van der Waals surface area contributed by atoms with Gasteiger partial charge in [0.1, 0.15) is 11.8 Å². The van der Waals surface area contributed by atoms with E-state index in [9.17, 15) is 14.4 Å². The minimum atomic E-state index is -0.759. The van der Waals surface area contributed by atoms with E-state index in [1.54, 1.807) is 43.2 Å². The highest BCUT2D eigenvalue weighted by atomic mass is 16.5. The van der Waals surface area contributed by atoms with Crippen molar-refractivity contribution in [1.29, 1.82) is 0 Å². The Morgan fingerprint density at radius 2 is 1.79 bits per heavy atom. The van der Waals surface area contributed by atoms with E-state index < -0.39 is 6.04 Å². The summed E-state index contributed by atoms with van der Waals surface area (Å²) >= 11 is 0. The van der Waals surface area contributed by atoms with Gasteiger partial charge in [0.05, 0.1) is 19.2 Å². The molecule has 0 spiro atoms. The second kappa shape index (κ2) is 8.69. The third kappa shape index (κ3) is 4.06. The Bertz CT molecular complexity index is 849. The summed E-state index contributed by atoms with van der Waals surface area (Å²) in [7, 11) is 1.55. The van der Waals surface area contributed by atoms with Gasteiger partial charge in [-0.2, -0.15) is 0 Å². The zero-order valence-electron chi connectivity index (χ0n) is 16.1. The summed E-state index contributed by atoms with van der Waals surface area (Å²) in [6.07, 6.45) is 0.924. The van der Waals surface area contributed by atoms with Crippen molar-refractivity contribution in [2.75, 3.05) is 18.6 Å². The first-order chi connectivity index (χ1) is 13.5. The number of carbonyl (C=O) groups is 3. The Morgan fingerprint density at radius 3 is 2.39 bits per heavy atom. The molecule has 28 heavy (non-hydrogen) atoms. The molecule has 0 saturated carbocycles. The predicted molar refractivity (Wildman–Crippen MR) is 106 cm³/mol. The summed E-state index contributed by atoms with van der Waals surface area (Å²) in [5, 5.41) is 0. The van der Waals surface area contributed by atoms with Crippen LogP contribution in [0.25, 0.3) is 0 Å². The second-order valence-corrected chi connectivity index (χ2v) is 6.66. The molecular formula is C22H24N2O4. The molecule has 2 aromatic carbocycles. The molecule has 0 radical (unpaired) electrons. The molecule has 6 nitrogen and oxygen atoms in total. The molecule has 1 fully saturated rings. The van der Waals surface area contributed by atoms with Gasteiger partial charge in [0.2, 0.25) is 11.8 Å². The monoisotopic (exact) mass is 380 g/mol. The van der Waals surface area contributed by atoms with Crippen LogP contribution in [-0.4, -0.2) is 42.3 Å². The van der Waals surface area contributed by atoms with E-state index in [0.717, 1.165) is 5.56 Å². The molecule has 3 amide bonds. The van der Waals surface area contributed by atoms with Gasteiger partial charge in [0.25, 0.3) is 5.91 Å². The van der Waals surface area contributed by atoms with E-state index in [-0.39, 0.29) is 30.6 Å². The van der Waals surface area contributed by atoms with Crippen molar-refractivity contribution in [3.05, 3.63) is 60.2 Å². The Hall–Kier alpha value is -3.15. The first-order valence-corrected chi connectivity index (χ1v) is 9.39. The van der Waals surface area contributed by atoms with Crippen LogP contribution < -0.4 is 9.64 Å². The fourth-order valence-electron chi connectivity index (χ4n) is 3.41. The van der Waals surface area contributed by atoms with E-state index in [0.29, 0.717) is 24.4 Å². The summed E-state index contributed by atoms with van der Waals surface area (Å²) < 4.78 is 5.12. The molecule has 0 N–H and O–H groups in total. The van der Waals surface area contributed by atoms with Gasteiger partial charge in [0.15, 0.2) is 0 Å². The van der Waals surface area contributed by atoms with Crippen molar-refractivity contribution in [2.45, 2.75) is 32.2 Å². The van der Waals surface area contributed by atoms with Crippen LogP contribution in [0.5, 0.6) is 5.75 Å². The fraction of sp³-hybridized carbons (Fsp3) is 0.318. The molecule has 1 saturated heterocycles. The normalized spacial score (nSPS) is 16.4. The number of carbonyl (C=O) groups excluding carboxylic acids is 3. The summed E-state index contributed by atoms with van der Waals surface area (Å²) in [5.74, 6) is -0.137. The van der Waals surface area contributed by atoms with Gasteiger partial charge in [-0.05, 0) is 36.2 Å². The Kier molecular flexibility index (Phi) is 6.09. The van der Waals surface area contributed by atoms with Crippen molar-refractivity contribution in [3.63, 3.8) is 0 Å². The van der Waals surface area contributed by atoms with E-state index in [1.165, 1.54) is 4.90 Å². The summed E-state index contributed by atoms with van der Waals surface area (Å²) in [5.41, 5.74) is 1.57. The lowest BCUT2D eigenvalue weighted by Gasteiger charge is -2.27. The zero-order valence-corrected chi connectivity index (χ0v) is 16.1. The van der Waals surface area contributed by atoms with E-state index in [2.05, 4.69) is 0 Å². The van der Waals surface area contributed by atoms with Gasteiger partial charge in [-0.15, -0.1) is 0 Å². The van der Waals surface area contributed by atoms with Gasteiger partial charge < -0.3 is 9.64 Å². The molecule has 6 heteroatoms. The molecule has 0 bridgehead atoms. The average Bonchev–Trinajstić information content (AvgIpc) is 3.02. The second-order valence-electron chi connectivity index (χ2n) is 6.66. The van der Waals surface area contributed by atoms with Gasteiger partial charge in [-0.25, -0.2) is 4.90 Å². The molecule has 1 heterocycles. The number of anilines is 1. The standard InChI is InChI=1S/C22H24N2O4/c1-3-20(25)23(14-13-16-7-5-4-6-8-16)19-15-21(26)24(22(19)27)17-9-11-18(28-2)12-10-17/h4-12,19H,3,13-15H2,1-2H3. The average molecular weight is 380 g/mol. The minimum Gasteiger partial charge on any atom is -0.497 e. The zero-order chi connectivity index (χ0) is 20.1. The summed E-state index contributed by atoms with van der Waals surface area (Å²) in [4.78, 5) is 40.8. The highest BCUT2D eigenvalue weighted by Gasteiger charge is 2.43. The van der Waals surface area contributed by atoms with Crippen LogP contribution in [0.4, 0.5) is 5.69 Å². The van der Waals surface area contributed by atoms with Crippen molar-refractivity contribution in [2.24, 2.45) is 0 Å². The summed E-state index contributed by atoms with van der Waals surface area (Å²) in [6, 6.07) is 15.8. The van der Waals surface area contributed by atoms with E-state index in [1.807, 2.05) is 30.3 Å². The molecule has 0 aromatic heterocycles. The van der Waals surface area contributed by atoms with Crippen LogP contribution in [0.1, 0.15) is 25.3 Å². The minimum absolute atomic E-state index is 0.00535. The number of imide groups is 1. The number of rotatable bonds is 7. The topological polar surface area (TPSA) is 66.9 Å². The molecule has 1 aliphatic heterocycles. The van der Waals surface area contributed by atoms with Crippen molar-refractivity contribution in [1.82, 2.24) is 4.90 Å². The van der Waals surface area contributed by atoms with Gasteiger partial charge in [-0.3, -0.25) is 14.4 Å². The fourth-order valence-corrected chi connectivity index (χ4v) is 3.41. The van der Waals surface area contributed by atoms with Crippen molar-refractivity contribution >= 4 is 23.4 Å². The lowest BCUT2D eigenvalue weighted by Crippen LogP contribution is -2.46. The molecule has 1 unspecified atom stereocenters. The SMILES string of the molecule is CCC(=O)N(CCc1ccccc1)C1CC(=O)N(c2ccc(OC)cc2)C1=O. The smallest absolute Gasteiger partial charge is 0.257 e. The van der Waals surface area contributed by atoms with Crippen LogP contribution in [0, 0.1) is 0 Å². The van der Waals surface area contributed by atoms with Crippen LogP contribution >= 0.6 is 0 Å². The maximum atomic E-state index is 13.0. The quantitative estimate of drug-likeness (QED) is 0.693. The molecule has 2 aromatic rings. The van der Waals surface area contributed by atoms with Gasteiger partial charge in [0, 0.05) is 13.0 Å². The maximum Gasteiger partial charge on any atom is 0.257 e. The van der Waals surface area contributed by atoms with Crippen LogP contribution in [0.2, 0.25) is 0 Å². The van der Waals surface area contributed by atoms with Gasteiger partial charge >= 0.3 is 0 Å². The Labute approximate surface area is 164 Å². The molecule has 1 atom stereocenters. The number of methoxy groups -OCH3 is 1. The van der Waals surface area contributed by atoms with Crippen molar-refractivity contribution in [3.8, 4) is 5.75 Å². The number of benzene rings is 2. The Balaban J connectivity index is 1.79. The third-order valence-corrected chi connectivity index (χ3v) is 4.94. The largest absolute Gasteiger partial charge is 0.497 e. The lowest BCUT2D eigenvalue weighted by atomic mass is 10.1. The van der Waals surface area contributed by atoms with Crippen molar-refractivity contribution < 1.29 is 19.1 Å². The van der Waals surface area contributed by atoms with E-state index >= 15 is 0 Å². The van der Waals surface area contributed by atoms with Crippen LogP contribution in [-0.2, 0) is 20.8 Å². The first kappa shape index (κ1) is 19.6. The third-order valence-electron chi connectivity index (χ3n) is 4.94. The molecule has 3 rings (SSSR count). The highest BCUT2D eigenvalue weighted by Crippen LogP contribution is 2.27. The van der Waals surface area contributed by atoms with Gasteiger partial charge in [-0.1, -0.05) is 37.3 Å². The molecule has 146 valence electrons. The number of amides is 3. The lowest BCUT2D eigenvalue weighted by molar-refractivity contribution is -0.138. The maximum absolute atomic E-state index is 13.0. The number of hydrogen-bond acceptors (Lipinski definition) is 4. The highest BCUT2D eigenvalue weighted by molar-refractivity contribution is 6.23. The number of ether oxygens (including phenoxy) is 1. The Morgan fingerprint density at radius 1 is 1.11 bits per heavy atom. The predicted octanol–water partition coefficient (Wildman–Crippen LogP) is 2.81. The number of nitrogens with zero attached hydrogens (tertiary/aromatic N) is 2. The van der Waals surface area contributed by atoms with E-state index in [4.69, 9.17) is 4.74 Å². The summed E-state index contributed by atoms with van der Waals surface area (Å²) in [6.45, 7) is 2.16. The molecule has 1 aliphatic rings. The van der Waals surface area contributed by atoms with Crippen LogP contribution in [0.3, 0.4) is 0 Å². The first-order valence-electron chi connectivity index (χ1n) is 9.39. The number of hydrogen-bond donors (Lipinski definition) is 0. The van der Waals surface area contributed by atoms with Crippen LogP contribution in [0.15, 0.2) is 54.6 Å². The molecular weight excluding hydrogens is 356 g/mol. The molecule has 0 aliphatic carbocycles.